The molecular weight excluding hydrogens is 360 g/mol. The van der Waals surface area contributed by atoms with Gasteiger partial charge in [-0.1, -0.05) is 48.5 Å². The molecule has 0 amide bonds. The number of oxazole rings is 1. The number of para-hydroxylation sites is 4. The number of hydrogen-bond acceptors (Lipinski definition) is 4. The molecule has 4 heteroatoms. The van der Waals surface area contributed by atoms with Crippen LogP contribution in [0.15, 0.2) is 99.8 Å². The fourth-order valence-electron chi connectivity index (χ4n) is 3.73. The smallest absolute Gasteiger partial charge is 0.227 e. The first-order valence-electron chi connectivity index (χ1n) is 9.48. The van der Waals surface area contributed by atoms with E-state index in [1.165, 1.54) is 0 Å². The molecule has 1 N–H and O–H groups in total. The van der Waals surface area contributed by atoms with Crippen molar-refractivity contribution in [1.82, 2.24) is 4.98 Å². The van der Waals surface area contributed by atoms with Crippen LogP contribution in [0.1, 0.15) is 0 Å². The summed E-state index contributed by atoms with van der Waals surface area (Å²) in [6.07, 6.45) is 0. The Labute approximate surface area is 166 Å². The summed E-state index contributed by atoms with van der Waals surface area (Å²) in [4.78, 5) is 4.60. The van der Waals surface area contributed by atoms with Gasteiger partial charge in [0.2, 0.25) is 5.89 Å². The fourth-order valence-corrected chi connectivity index (χ4v) is 3.73. The van der Waals surface area contributed by atoms with Gasteiger partial charge in [-0.3, -0.25) is 0 Å². The maximum atomic E-state index is 6.12. The third-order valence-corrected chi connectivity index (χ3v) is 5.09. The molecule has 0 saturated heterocycles. The van der Waals surface area contributed by atoms with E-state index < -0.39 is 0 Å². The zero-order valence-electron chi connectivity index (χ0n) is 15.4. The lowest BCUT2D eigenvalue weighted by atomic mass is 10.1. The number of rotatable bonds is 3. The van der Waals surface area contributed by atoms with Crippen molar-refractivity contribution < 1.29 is 8.83 Å². The zero-order chi connectivity index (χ0) is 19.2. The van der Waals surface area contributed by atoms with E-state index in [1.54, 1.807) is 0 Å². The summed E-state index contributed by atoms with van der Waals surface area (Å²) in [5.74, 6) is 0.608. The van der Waals surface area contributed by atoms with E-state index in [0.29, 0.717) is 5.89 Å². The number of nitrogens with zero attached hydrogens (tertiary/aromatic N) is 1. The normalized spacial score (nSPS) is 11.4. The summed E-state index contributed by atoms with van der Waals surface area (Å²) in [7, 11) is 0. The van der Waals surface area contributed by atoms with Crippen molar-refractivity contribution in [3.05, 3.63) is 91.0 Å². The van der Waals surface area contributed by atoms with Crippen LogP contribution in [0.2, 0.25) is 0 Å². The first-order valence-corrected chi connectivity index (χ1v) is 9.48. The number of benzene rings is 4. The SMILES string of the molecule is c1cc(Nc2cccc3c2oc2ccccc23)cc(-c2nc3ccccc3o2)c1. The van der Waals surface area contributed by atoms with Gasteiger partial charge in [-0.05, 0) is 42.5 Å². The van der Waals surface area contributed by atoms with Crippen molar-refractivity contribution in [3.63, 3.8) is 0 Å². The van der Waals surface area contributed by atoms with Crippen LogP contribution in [-0.2, 0) is 0 Å². The number of anilines is 2. The van der Waals surface area contributed by atoms with Gasteiger partial charge in [-0.25, -0.2) is 4.98 Å². The van der Waals surface area contributed by atoms with E-state index in [9.17, 15) is 0 Å². The standard InChI is InChI=1S/C25H16N2O2/c1-3-13-22-18(9-1)19-10-6-12-21(24(19)28-22)26-17-8-5-7-16(15-17)25-27-20-11-2-4-14-23(20)29-25/h1-15,26H. The Morgan fingerprint density at radius 1 is 0.655 bits per heavy atom. The summed E-state index contributed by atoms with van der Waals surface area (Å²) in [6.45, 7) is 0. The molecule has 0 aliphatic heterocycles. The topological polar surface area (TPSA) is 51.2 Å². The molecular formula is C25H16N2O2. The Hall–Kier alpha value is -4.05. The van der Waals surface area contributed by atoms with E-state index in [2.05, 4.69) is 22.4 Å². The highest BCUT2D eigenvalue weighted by Crippen LogP contribution is 2.35. The summed E-state index contributed by atoms with van der Waals surface area (Å²) < 4.78 is 12.0. The second-order valence-corrected chi connectivity index (χ2v) is 6.97. The van der Waals surface area contributed by atoms with Crippen LogP contribution in [0.25, 0.3) is 44.5 Å². The third-order valence-electron chi connectivity index (χ3n) is 5.09. The van der Waals surface area contributed by atoms with Crippen molar-refractivity contribution in [2.45, 2.75) is 0 Å². The van der Waals surface area contributed by atoms with E-state index >= 15 is 0 Å². The molecule has 6 aromatic rings. The highest BCUT2D eigenvalue weighted by atomic mass is 16.3. The number of hydrogen-bond donors (Lipinski definition) is 1. The minimum Gasteiger partial charge on any atom is -0.454 e. The molecule has 0 bridgehead atoms. The molecule has 0 fully saturated rings. The number of nitrogens with one attached hydrogen (secondary N) is 1. The highest BCUT2D eigenvalue weighted by molar-refractivity contribution is 6.09. The first kappa shape index (κ1) is 16.0. The molecule has 0 unspecified atom stereocenters. The van der Waals surface area contributed by atoms with Gasteiger partial charge in [0.05, 0.1) is 5.69 Å². The molecule has 0 aliphatic rings. The quantitative estimate of drug-likeness (QED) is 0.357. The Bertz CT molecular complexity index is 1460. The predicted octanol–water partition coefficient (Wildman–Crippen LogP) is 7.14. The lowest BCUT2D eigenvalue weighted by molar-refractivity contribution is 0.620. The minimum absolute atomic E-state index is 0.608. The molecule has 4 nitrogen and oxygen atoms in total. The minimum atomic E-state index is 0.608. The molecule has 0 saturated carbocycles. The van der Waals surface area contributed by atoms with Crippen molar-refractivity contribution >= 4 is 44.4 Å². The summed E-state index contributed by atoms with van der Waals surface area (Å²) in [6, 6.07) is 30.1. The van der Waals surface area contributed by atoms with E-state index in [0.717, 1.165) is 50.0 Å². The molecule has 0 aliphatic carbocycles. The molecule has 138 valence electrons. The van der Waals surface area contributed by atoms with Crippen molar-refractivity contribution in [2.24, 2.45) is 0 Å². The third kappa shape index (κ3) is 2.65. The maximum Gasteiger partial charge on any atom is 0.227 e. The van der Waals surface area contributed by atoms with Gasteiger partial charge in [0.1, 0.15) is 11.1 Å². The van der Waals surface area contributed by atoms with Crippen molar-refractivity contribution in [3.8, 4) is 11.5 Å². The number of furan rings is 1. The highest BCUT2D eigenvalue weighted by Gasteiger charge is 2.12. The van der Waals surface area contributed by atoms with Crippen molar-refractivity contribution in [2.75, 3.05) is 5.32 Å². The largest absolute Gasteiger partial charge is 0.454 e. The van der Waals surface area contributed by atoms with Gasteiger partial charge in [0, 0.05) is 22.0 Å². The zero-order valence-corrected chi connectivity index (χ0v) is 15.4. The van der Waals surface area contributed by atoms with Crippen LogP contribution in [-0.4, -0.2) is 4.98 Å². The van der Waals surface area contributed by atoms with Crippen LogP contribution < -0.4 is 5.32 Å². The Morgan fingerprint density at radius 2 is 1.45 bits per heavy atom. The summed E-state index contributed by atoms with van der Waals surface area (Å²) >= 11 is 0. The molecule has 2 heterocycles. The van der Waals surface area contributed by atoms with Gasteiger partial charge < -0.3 is 14.2 Å². The average Bonchev–Trinajstić information content (AvgIpc) is 3.36. The molecule has 0 radical (unpaired) electrons. The van der Waals surface area contributed by atoms with E-state index in [-0.39, 0.29) is 0 Å². The lowest BCUT2D eigenvalue weighted by Gasteiger charge is -2.08. The van der Waals surface area contributed by atoms with Crippen LogP contribution >= 0.6 is 0 Å². The van der Waals surface area contributed by atoms with Crippen LogP contribution in [0.4, 0.5) is 11.4 Å². The van der Waals surface area contributed by atoms with Crippen molar-refractivity contribution in [1.29, 1.82) is 0 Å². The van der Waals surface area contributed by atoms with Gasteiger partial charge in [-0.15, -0.1) is 0 Å². The summed E-state index contributed by atoms with van der Waals surface area (Å²) in [5, 5.41) is 5.70. The van der Waals surface area contributed by atoms with Gasteiger partial charge in [0.25, 0.3) is 0 Å². The number of aromatic nitrogens is 1. The summed E-state index contributed by atoms with van der Waals surface area (Å²) in [5.41, 5.74) is 6.16. The molecule has 29 heavy (non-hydrogen) atoms. The van der Waals surface area contributed by atoms with Crippen LogP contribution in [0.5, 0.6) is 0 Å². The lowest BCUT2D eigenvalue weighted by Crippen LogP contribution is -1.91. The van der Waals surface area contributed by atoms with Crippen LogP contribution in [0.3, 0.4) is 0 Å². The average molecular weight is 376 g/mol. The van der Waals surface area contributed by atoms with Gasteiger partial charge in [0.15, 0.2) is 11.2 Å². The molecule has 4 aromatic carbocycles. The fraction of sp³-hybridized carbons (Fsp3) is 0. The van der Waals surface area contributed by atoms with E-state index in [1.807, 2.05) is 78.9 Å². The maximum absolute atomic E-state index is 6.12. The Kier molecular flexibility index (Phi) is 3.43. The van der Waals surface area contributed by atoms with Crippen LogP contribution in [0, 0.1) is 0 Å². The van der Waals surface area contributed by atoms with Gasteiger partial charge in [-0.2, -0.15) is 0 Å². The first-order chi connectivity index (χ1) is 14.3. The van der Waals surface area contributed by atoms with Gasteiger partial charge >= 0.3 is 0 Å². The second-order valence-electron chi connectivity index (χ2n) is 6.97. The monoisotopic (exact) mass is 376 g/mol. The molecule has 0 spiro atoms. The Balaban J connectivity index is 1.41. The molecule has 0 atom stereocenters. The second kappa shape index (κ2) is 6.24. The van der Waals surface area contributed by atoms with E-state index in [4.69, 9.17) is 8.83 Å². The molecule has 6 rings (SSSR count). The predicted molar refractivity (Wildman–Crippen MR) is 116 cm³/mol. The number of fused-ring (bicyclic) bond motifs is 4. The Morgan fingerprint density at radius 3 is 2.38 bits per heavy atom. The molecule has 2 aromatic heterocycles.